The van der Waals surface area contributed by atoms with Crippen LogP contribution in [-0.2, 0) is 4.79 Å². The molecular weight excluding hydrogens is 282 g/mol. The number of nitrogens with zero attached hydrogens (tertiary/aromatic N) is 1. The number of hydrogen-bond acceptors (Lipinski definition) is 4. The van der Waals surface area contributed by atoms with Crippen LogP contribution in [-0.4, -0.2) is 36.2 Å². The largest absolute Gasteiger partial charge is 0.586 e. The van der Waals surface area contributed by atoms with E-state index < -0.39 is 12.3 Å². The molecular formula is C14H16F2N2O3. The Morgan fingerprint density at radius 2 is 1.95 bits per heavy atom. The molecule has 0 aromatic heterocycles. The van der Waals surface area contributed by atoms with E-state index in [2.05, 4.69) is 14.8 Å². The molecule has 7 heteroatoms. The summed E-state index contributed by atoms with van der Waals surface area (Å²) in [6, 6.07) is 3.96. The van der Waals surface area contributed by atoms with Gasteiger partial charge in [-0.05, 0) is 31.9 Å². The van der Waals surface area contributed by atoms with Crippen LogP contribution in [0.5, 0.6) is 11.5 Å². The van der Waals surface area contributed by atoms with Gasteiger partial charge in [0.15, 0.2) is 11.5 Å². The molecule has 1 aromatic carbocycles. The van der Waals surface area contributed by atoms with Crippen molar-refractivity contribution in [3.8, 4) is 11.5 Å². The number of carbonyl (C=O) groups excluding carboxylic acids is 1. The van der Waals surface area contributed by atoms with Crippen LogP contribution < -0.4 is 14.8 Å². The molecule has 1 atom stereocenters. The number of fused-ring (bicyclic) bond motifs is 1. The number of benzene rings is 1. The molecule has 0 saturated carbocycles. The Morgan fingerprint density at radius 3 is 2.67 bits per heavy atom. The molecule has 1 fully saturated rings. The molecule has 2 aliphatic heterocycles. The second-order valence-corrected chi connectivity index (χ2v) is 5.23. The van der Waals surface area contributed by atoms with Crippen molar-refractivity contribution in [1.82, 2.24) is 4.90 Å². The Balaban J connectivity index is 1.67. The van der Waals surface area contributed by atoms with Crippen molar-refractivity contribution < 1.29 is 23.0 Å². The van der Waals surface area contributed by atoms with Crippen molar-refractivity contribution in [2.75, 3.05) is 18.4 Å². The third-order valence-corrected chi connectivity index (χ3v) is 3.57. The molecule has 5 nitrogen and oxygen atoms in total. The predicted molar refractivity (Wildman–Crippen MR) is 71.5 cm³/mol. The second kappa shape index (κ2) is 5.05. The van der Waals surface area contributed by atoms with Crippen molar-refractivity contribution in [3.05, 3.63) is 18.2 Å². The van der Waals surface area contributed by atoms with E-state index in [1.54, 1.807) is 17.9 Å². The van der Waals surface area contributed by atoms with Gasteiger partial charge in [0.25, 0.3) is 0 Å². The lowest BCUT2D eigenvalue weighted by Gasteiger charge is -2.21. The van der Waals surface area contributed by atoms with Gasteiger partial charge in [-0.3, -0.25) is 4.79 Å². The zero-order valence-corrected chi connectivity index (χ0v) is 11.6. The number of hydrogen-bond donors (Lipinski definition) is 1. The second-order valence-electron chi connectivity index (χ2n) is 5.23. The Kier molecular flexibility index (Phi) is 3.35. The zero-order valence-electron chi connectivity index (χ0n) is 11.6. The predicted octanol–water partition coefficient (Wildman–Crippen LogP) is 2.43. The van der Waals surface area contributed by atoms with E-state index in [4.69, 9.17) is 0 Å². The monoisotopic (exact) mass is 298 g/mol. The number of likely N-dealkylation sites (tertiary alicyclic amines) is 1. The molecule has 0 bridgehead atoms. The quantitative estimate of drug-likeness (QED) is 0.931. The fourth-order valence-corrected chi connectivity index (χ4v) is 2.56. The summed E-state index contributed by atoms with van der Waals surface area (Å²) in [6.07, 6.45) is -1.58. The molecule has 1 unspecified atom stereocenters. The minimum Gasteiger partial charge on any atom is -0.395 e. The van der Waals surface area contributed by atoms with Crippen molar-refractivity contribution in [2.45, 2.75) is 32.1 Å². The van der Waals surface area contributed by atoms with E-state index in [1.165, 1.54) is 12.1 Å². The van der Waals surface area contributed by atoms with Gasteiger partial charge in [-0.1, -0.05) is 0 Å². The van der Waals surface area contributed by atoms with Gasteiger partial charge in [0.05, 0.1) is 0 Å². The number of rotatable bonds is 3. The highest BCUT2D eigenvalue weighted by Gasteiger charge is 2.43. The van der Waals surface area contributed by atoms with E-state index in [0.717, 1.165) is 25.9 Å². The van der Waals surface area contributed by atoms with Gasteiger partial charge in [-0.25, -0.2) is 0 Å². The molecule has 3 rings (SSSR count). The normalized spacial score (nSPS) is 20.4. The molecule has 2 heterocycles. The number of alkyl halides is 2. The van der Waals surface area contributed by atoms with Crippen molar-refractivity contribution in [1.29, 1.82) is 0 Å². The summed E-state index contributed by atoms with van der Waals surface area (Å²) in [5, 5.41) is 3.00. The van der Waals surface area contributed by atoms with E-state index in [9.17, 15) is 13.6 Å². The zero-order chi connectivity index (χ0) is 15.0. The number of carbonyl (C=O) groups is 1. The Bertz CT molecular complexity index is 559. The highest BCUT2D eigenvalue weighted by Crippen LogP contribution is 2.42. The summed E-state index contributed by atoms with van der Waals surface area (Å²) in [5.41, 5.74) is 0.537. The first-order valence-electron chi connectivity index (χ1n) is 6.90. The molecule has 1 aromatic rings. The molecule has 21 heavy (non-hydrogen) atoms. The topological polar surface area (TPSA) is 50.8 Å². The van der Waals surface area contributed by atoms with Crippen LogP contribution in [0.4, 0.5) is 14.5 Å². The van der Waals surface area contributed by atoms with Crippen LogP contribution in [0.2, 0.25) is 0 Å². The molecule has 2 aliphatic rings. The van der Waals surface area contributed by atoms with E-state index >= 15 is 0 Å². The van der Waals surface area contributed by atoms with Gasteiger partial charge >= 0.3 is 6.29 Å². The van der Waals surface area contributed by atoms with Gasteiger partial charge in [-0.15, -0.1) is 8.78 Å². The molecule has 1 N–H and O–H groups in total. The lowest BCUT2D eigenvalue weighted by Crippen LogP contribution is -2.39. The van der Waals surface area contributed by atoms with Crippen molar-refractivity contribution >= 4 is 11.6 Å². The average Bonchev–Trinajstić information content (AvgIpc) is 3.02. The smallest absolute Gasteiger partial charge is 0.395 e. The summed E-state index contributed by atoms with van der Waals surface area (Å²) in [5.74, 6) is -0.0367. The Morgan fingerprint density at radius 1 is 1.29 bits per heavy atom. The summed E-state index contributed by atoms with van der Waals surface area (Å²) in [4.78, 5) is 14.0. The fraction of sp³-hybridized carbons (Fsp3) is 0.500. The maximum atomic E-state index is 12.9. The van der Waals surface area contributed by atoms with Crippen LogP contribution >= 0.6 is 0 Å². The Labute approximate surface area is 120 Å². The van der Waals surface area contributed by atoms with Crippen molar-refractivity contribution in [2.24, 2.45) is 0 Å². The van der Waals surface area contributed by atoms with E-state index in [0.29, 0.717) is 5.69 Å². The number of nitrogens with one attached hydrogen (secondary N) is 1. The van der Waals surface area contributed by atoms with Crippen LogP contribution in [0.15, 0.2) is 18.2 Å². The molecule has 0 radical (unpaired) electrons. The maximum absolute atomic E-state index is 12.9. The third kappa shape index (κ3) is 2.86. The molecule has 1 saturated heterocycles. The maximum Gasteiger partial charge on any atom is 0.586 e. The first-order valence-corrected chi connectivity index (χ1v) is 6.90. The number of ether oxygens (including phenoxy) is 2. The van der Waals surface area contributed by atoms with Crippen LogP contribution in [0.1, 0.15) is 19.8 Å². The third-order valence-electron chi connectivity index (χ3n) is 3.57. The number of anilines is 1. The first kappa shape index (κ1) is 13.9. The SMILES string of the molecule is CC(Nc1ccc2c(c1)OC(F)(F)O2)C(=O)N1CCCC1. The fourth-order valence-electron chi connectivity index (χ4n) is 2.56. The molecule has 1 amide bonds. The lowest BCUT2D eigenvalue weighted by molar-refractivity contribution is -0.286. The minimum atomic E-state index is -3.63. The Hall–Kier alpha value is -2.05. The number of halogens is 2. The van der Waals surface area contributed by atoms with Crippen LogP contribution in [0, 0.1) is 0 Å². The average molecular weight is 298 g/mol. The highest BCUT2D eigenvalue weighted by molar-refractivity contribution is 5.84. The van der Waals surface area contributed by atoms with Gasteiger partial charge in [0.2, 0.25) is 5.91 Å². The summed E-state index contributed by atoms with van der Waals surface area (Å²) >= 11 is 0. The standard InChI is InChI=1S/C14H16F2N2O3/c1-9(13(19)18-6-2-3-7-18)17-10-4-5-11-12(8-10)21-14(15,16)20-11/h4-5,8-9,17H,2-3,6-7H2,1H3. The summed E-state index contributed by atoms with van der Waals surface area (Å²) in [7, 11) is 0. The van der Waals surface area contributed by atoms with Crippen LogP contribution in [0.25, 0.3) is 0 Å². The van der Waals surface area contributed by atoms with E-state index in [-0.39, 0.29) is 17.4 Å². The van der Waals surface area contributed by atoms with Crippen LogP contribution in [0.3, 0.4) is 0 Å². The summed E-state index contributed by atoms with van der Waals surface area (Å²) in [6.45, 7) is 3.30. The molecule has 0 aliphatic carbocycles. The first-order chi connectivity index (χ1) is 9.94. The van der Waals surface area contributed by atoms with E-state index in [1.807, 2.05) is 0 Å². The molecule has 0 spiro atoms. The van der Waals surface area contributed by atoms with Crippen molar-refractivity contribution in [3.63, 3.8) is 0 Å². The molecule has 114 valence electrons. The van der Waals surface area contributed by atoms with Gasteiger partial charge in [-0.2, -0.15) is 0 Å². The summed E-state index contributed by atoms with van der Waals surface area (Å²) < 4.78 is 34.6. The van der Waals surface area contributed by atoms with Gasteiger partial charge in [0, 0.05) is 24.8 Å². The van der Waals surface area contributed by atoms with Gasteiger partial charge in [0.1, 0.15) is 6.04 Å². The van der Waals surface area contributed by atoms with Gasteiger partial charge < -0.3 is 19.7 Å². The highest BCUT2D eigenvalue weighted by atomic mass is 19.3. The minimum absolute atomic E-state index is 0.00972. The number of amides is 1. The lowest BCUT2D eigenvalue weighted by atomic mass is 10.2.